The molecule has 104 valence electrons. The van der Waals surface area contributed by atoms with Gasteiger partial charge in [-0.05, 0) is 34.5 Å². The second-order valence-electron chi connectivity index (χ2n) is 4.65. The van der Waals surface area contributed by atoms with Crippen molar-refractivity contribution in [1.29, 1.82) is 0 Å². The Kier molecular flexibility index (Phi) is 5.73. The number of hydrogen-bond donors (Lipinski definition) is 1. The average molecular weight is 343 g/mol. The van der Waals surface area contributed by atoms with Gasteiger partial charge in [0.2, 0.25) is 0 Å². The van der Waals surface area contributed by atoms with Gasteiger partial charge in [0.05, 0.1) is 5.56 Å². The molecule has 19 heavy (non-hydrogen) atoms. The first-order valence-electron chi connectivity index (χ1n) is 6.52. The van der Waals surface area contributed by atoms with Crippen molar-refractivity contribution in [2.45, 2.75) is 6.92 Å². The fourth-order valence-corrected chi connectivity index (χ4v) is 3.49. The molecule has 1 aromatic carbocycles. The Hall–Kier alpha value is -0.520. The molecule has 0 atom stereocenters. The molecule has 1 aliphatic heterocycles. The molecule has 0 aliphatic carbocycles. The first kappa shape index (κ1) is 14.9. The molecule has 3 nitrogen and oxygen atoms in total. The van der Waals surface area contributed by atoms with E-state index in [2.05, 4.69) is 26.1 Å². The largest absolute Gasteiger partial charge is 0.351 e. The van der Waals surface area contributed by atoms with E-state index in [1.165, 1.54) is 11.5 Å². The van der Waals surface area contributed by atoms with E-state index in [1.54, 1.807) is 0 Å². The average Bonchev–Trinajstić information content (AvgIpc) is 2.43. The zero-order valence-corrected chi connectivity index (χ0v) is 13.5. The SMILES string of the molecule is Cc1cccc(C(=O)NCCN2CCSCC2)c1Br. The summed E-state index contributed by atoms with van der Waals surface area (Å²) >= 11 is 5.48. The Morgan fingerprint density at radius 2 is 2.16 bits per heavy atom. The quantitative estimate of drug-likeness (QED) is 0.912. The Balaban J connectivity index is 1.82. The smallest absolute Gasteiger partial charge is 0.252 e. The maximum Gasteiger partial charge on any atom is 0.252 e. The van der Waals surface area contributed by atoms with Crippen LogP contribution in [0.2, 0.25) is 0 Å². The predicted molar refractivity (Wildman–Crippen MR) is 85.0 cm³/mol. The fraction of sp³-hybridized carbons (Fsp3) is 0.500. The molecule has 0 aromatic heterocycles. The number of hydrogen-bond acceptors (Lipinski definition) is 3. The molecule has 5 heteroatoms. The van der Waals surface area contributed by atoms with Crippen molar-refractivity contribution in [3.8, 4) is 0 Å². The molecule has 1 heterocycles. The standard InChI is InChI=1S/C14H19BrN2OS/c1-11-3-2-4-12(13(11)15)14(18)16-5-6-17-7-9-19-10-8-17/h2-4H,5-10H2,1H3,(H,16,18). The van der Waals surface area contributed by atoms with Crippen molar-refractivity contribution in [2.24, 2.45) is 0 Å². The number of halogens is 1. The van der Waals surface area contributed by atoms with Crippen LogP contribution in [-0.4, -0.2) is 48.5 Å². The highest BCUT2D eigenvalue weighted by Gasteiger charge is 2.13. The molecule has 0 spiro atoms. The third-order valence-corrected chi connectivity index (χ3v) is 5.25. The molecule has 0 radical (unpaired) electrons. The number of nitrogens with zero attached hydrogens (tertiary/aromatic N) is 1. The Labute approximate surface area is 127 Å². The van der Waals surface area contributed by atoms with E-state index in [4.69, 9.17) is 0 Å². The van der Waals surface area contributed by atoms with Crippen LogP contribution in [0.4, 0.5) is 0 Å². The number of nitrogens with one attached hydrogen (secondary N) is 1. The third kappa shape index (κ3) is 4.23. The summed E-state index contributed by atoms with van der Waals surface area (Å²) < 4.78 is 0.891. The molecule has 1 aromatic rings. The van der Waals surface area contributed by atoms with Crippen LogP contribution in [0.3, 0.4) is 0 Å². The monoisotopic (exact) mass is 342 g/mol. The van der Waals surface area contributed by atoms with Gasteiger partial charge in [-0.15, -0.1) is 0 Å². The Morgan fingerprint density at radius 3 is 2.89 bits per heavy atom. The molecule has 0 bridgehead atoms. The fourth-order valence-electron chi connectivity index (χ4n) is 2.07. The summed E-state index contributed by atoms with van der Waals surface area (Å²) in [6, 6.07) is 5.76. The van der Waals surface area contributed by atoms with E-state index in [1.807, 2.05) is 36.9 Å². The second-order valence-corrected chi connectivity index (χ2v) is 6.66. The number of carbonyl (C=O) groups excluding carboxylic acids is 1. The van der Waals surface area contributed by atoms with E-state index in [-0.39, 0.29) is 5.91 Å². The minimum Gasteiger partial charge on any atom is -0.351 e. The predicted octanol–water partition coefficient (Wildman–Crippen LogP) is 2.54. The van der Waals surface area contributed by atoms with E-state index in [0.717, 1.165) is 29.7 Å². The number of thioether (sulfide) groups is 1. The minimum atomic E-state index is 0.00181. The lowest BCUT2D eigenvalue weighted by Crippen LogP contribution is -2.39. The van der Waals surface area contributed by atoms with Crippen molar-refractivity contribution >= 4 is 33.6 Å². The molecule has 0 unspecified atom stereocenters. The normalized spacial score (nSPS) is 16.3. The summed E-state index contributed by atoms with van der Waals surface area (Å²) in [4.78, 5) is 14.5. The molecule has 1 saturated heterocycles. The van der Waals surface area contributed by atoms with Gasteiger partial charge in [-0.3, -0.25) is 9.69 Å². The highest BCUT2D eigenvalue weighted by atomic mass is 79.9. The van der Waals surface area contributed by atoms with Gasteiger partial charge in [0.15, 0.2) is 0 Å². The molecule has 1 N–H and O–H groups in total. The van der Waals surface area contributed by atoms with Gasteiger partial charge < -0.3 is 5.32 Å². The molecule has 0 saturated carbocycles. The highest BCUT2D eigenvalue weighted by Crippen LogP contribution is 2.20. The molecule has 1 amide bonds. The van der Waals surface area contributed by atoms with Crippen LogP contribution in [0.5, 0.6) is 0 Å². The van der Waals surface area contributed by atoms with E-state index >= 15 is 0 Å². The van der Waals surface area contributed by atoms with Gasteiger partial charge in [0.25, 0.3) is 5.91 Å². The van der Waals surface area contributed by atoms with Crippen LogP contribution in [0, 0.1) is 6.92 Å². The van der Waals surface area contributed by atoms with E-state index in [0.29, 0.717) is 12.1 Å². The van der Waals surface area contributed by atoms with Gasteiger partial charge in [0, 0.05) is 42.2 Å². The van der Waals surface area contributed by atoms with Gasteiger partial charge in [-0.2, -0.15) is 11.8 Å². The van der Waals surface area contributed by atoms with Gasteiger partial charge >= 0.3 is 0 Å². The van der Waals surface area contributed by atoms with Crippen molar-refractivity contribution in [3.05, 3.63) is 33.8 Å². The minimum absolute atomic E-state index is 0.00181. The number of benzene rings is 1. The topological polar surface area (TPSA) is 32.3 Å². The number of rotatable bonds is 4. The summed E-state index contributed by atoms with van der Waals surface area (Å²) in [6.45, 7) is 5.91. The second kappa shape index (κ2) is 7.31. The van der Waals surface area contributed by atoms with Crippen LogP contribution in [0.15, 0.2) is 22.7 Å². The zero-order valence-electron chi connectivity index (χ0n) is 11.1. The maximum absolute atomic E-state index is 12.1. The first-order valence-corrected chi connectivity index (χ1v) is 8.46. The molecule has 1 aliphatic rings. The Morgan fingerprint density at radius 1 is 1.42 bits per heavy atom. The number of amides is 1. The van der Waals surface area contributed by atoms with Crippen LogP contribution < -0.4 is 5.32 Å². The zero-order chi connectivity index (χ0) is 13.7. The van der Waals surface area contributed by atoms with Crippen LogP contribution in [0.1, 0.15) is 15.9 Å². The number of carbonyl (C=O) groups is 1. The lowest BCUT2D eigenvalue weighted by Gasteiger charge is -2.26. The summed E-state index contributed by atoms with van der Waals surface area (Å²) in [5.41, 5.74) is 1.80. The lowest BCUT2D eigenvalue weighted by atomic mass is 10.1. The van der Waals surface area contributed by atoms with Crippen LogP contribution in [-0.2, 0) is 0 Å². The van der Waals surface area contributed by atoms with Gasteiger partial charge in [-0.1, -0.05) is 12.1 Å². The van der Waals surface area contributed by atoms with Crippen LogP contribution in [0.25, 0.3) is 0 Å². The van der Waals surface area contributed by atoms with Crippen molar-refractivity contribution in [3.63, 3.8) is 0 Å². The van der Waals surface area contributed by atoms with Gasteiger partial charge in [0.1, 0.15) is 0 Å². The van der Waals surface area contributed by atoms with E-state index < -0.39 is 0 Å². The number of aryl methyl sites for hydroxylation is 1. The van der Waals surface area contributed by atoms with Crippen molar-refractivity contribution < 1.29 is 4.79 Å². The van der Waals surface area contributed by atoms with Crippen molar-refractivity contribution in [1.82, 2.24) is 10.2 Å². The van der Waals surface area contributed by atoms with Crippen LogP contribution >= 0.6 is 27.7 Å². The summed E-state index contributed by atoms with van der Waals surface area (Å²) in [6.07, 6.45) is 0. The molecule has 2 rings (SSSR count). The summed E-state index contributed by atoms with van der Waals surface area (Å²) in [7, 11) is 0. The molecular weight excluding hydrogens is 324 g/mol. The molecule has 1 fully saturated rings. The lowest BCUT2D eigenvalue weighted by molar-refractivity contribution is 0.0948. The highest BCUT2D eigenvalue weighted by molar-refractivity contribution is 9.10. The molecular formula is C14H19BrN2OS. The van der Waals surface area contributed by atoms with Crippen molar-refractivity contribution in [2.75, 3.05) is 37.7 Å². The Bertz CT molecular complexity index is 447. The first-order chi connectivity index (χ1) is 9.18. The van der Waals surface area contributed by atoms with E-state index in [9.17, 15) is 4.79 Å². The van der Waals surface area contributed by atoms with Gasteiger partial charge in [-0.25, -0.2) is 0 Å². The summed E-state index contributed by atoms with van der Waals surface area (Å²) in [5.74, 6) is 2.41. The summed E-state index contributed by atoms with van der Waals surface area (Å²) in [5, 5.41) is 3.00. The maximum atomic E-state index is 12.1. The third-order valence-electron chi connectivity index (χ3n) is 3.25.